The zero-order valence-corrected chi connectivity index (χ0v) is 18.5. The van der Waals surface area contributed by atoms with Gasteiger partial charge in [0.15, 0.2) is 0 Å². The average molecular weight is 488 g/mol. The molecule has 1 aliphatic rings. The highest BCUT2D eigenvalue weighted by atomic mass is 35.5. The predicted octanol–water partition coefficient (Wildman–Crippen LogP) is 5.48. The lowest BCUT2D eigenvalue weighted by molar-refractivity contribution is -0.139. The van der Waals surface area contributed by atoms with Crippen LogP contribution in [-0.2, 0) is 16.0 Å². The summed E-state index contributed by atoms with van der Waals surface area (Å²) in [5.41, 5.74) is 4.25. The van der Waals surface area contributed by atoms with Crippen LogP contribution in [0.5, 0.6) is 5.75 Å². The fourth-order valence-electron chi connectivity index (χ4n) is 4.12. The van der Waals surface area contributed by atoms with Gasteiger partial charge in [0.25, 0.3) is 0 Å². The quantitative estimate of drug-likeness (QED) is 0.440. The van der Waals surface area contributed by atoms with E-state index in [2.05, 4.69) is 10.1 Å². The molecule has 9 heteroatoms. The lowest BCUT2D eigenvalue weighted by Gasteiger charge is -2.19. The monoisotopic (exact) mass is 487 g/mol. The number of benzene rings is 3. The Hall–Kier alpha value is -3.65. The van der Waals surface area contributed by atoms with Crippen molar-refractivity contribution < 1.29 is 33.0 Å². The Kier molecular flexibility index (Phi) is 6.98. The van der Waals surface area contributed by atoms with Crippen molar-refractivity contribution in [1.82, 2.24) is 5.32 Å². The number of nitrogens with one attached hydrogen (secondary N) is 1. The summed E-state index contributed by atoms with van der Waals surface area (Å²) in [4.78, 5) is 24.2. The van der Waals surface area contributed by atoms with Gasteiger partial charge in [-0.3, -0.25) is 0 Å². The van der Waals surface area contributed by atoms with E-state index in [1.807, 2.05) is 48.5 Å². The normalized spacial score (nSPS) is 13.2. The molecule has 0 heterocycles. The van der Waals surface area contributed by atoms with E-state index in [9.17, 15) is 23.5 Å². The molecule has 0 aliphatic heterocycles. The molecule has 0 spiro atoms. The Bertz CT molecular complexity index is 1170. The molecule has 1 unspecified atom stereocenters. The fraction of sp³-hybridized carbons (Fsp3) is 0.200. The second-order valence-electron chi connectivity index (χ2n) is 7.70. The van der Waals surface area contributed by atoms with Gasteiger partial charge in [0.05, 0.1) is 0 Å². The molecule has 1 atom stereocenters. The number of rotatable bonds is 8. The van der Waals surface area contributed by atoms with Crippen molar-refractivity contribution in [2.45, 2.75) is 25.0 Å². The van der Waals surface area contributed by atoms with Crippen LogP contribution in [0.3, 0.4) is 0 Å². The van der Waals surface area contributed by atoms with Crippen LogP contribution >= 0.6 is 11.6 Å². The number of hydrogen-bond acceptors (Lipinski definition) is 4. The van der Waals surface area contributed by atoms with Crippen molar-refractivity contribution in [2.24, 2.45) is 0 Å². The van der Waals surface area contributed by atoms with Gasteiger partial charge in [-0.05, 0) is 46.0 Å². The van der Waals surface area contributed by atoms with Crippen LogP contribution in [0.4, 0.5) is 13.6 Å². The molecule has 0 aromatic heterocycles. The number of carboxylic acid groups (broad SMARTS) is 1. The number of fused-ring (bicyclic) bond motifs is 3. The second kappa shape index (κ2) is 10.1. The summed E-state index contributed by atoms with van der Waals surface area (Å²) in [5.74, 6) is -1.78. The highest BCUT2D eigenvalue weighted by Gasteiger charge is 2.30. The average Bonchev–Trinajstić information content (AvgIpc) is 3.12. The van der Waals surface area contributed by atoms with Gasteiger partial charge >= 0.3 is 18.7 Å². The maximum atomic E-state index is 12.7. The predicted molar refractivity (Wildman–Crippen MR) is 121 cm³/mol. The topological polar surface area (TPSA) is 84.9 Å². The van der Waals surface area contributed by atoms with Crippen LogP contribution in [0.15, 0.2) is 66.7 Å². The molecule has 34 heavy (non-hydrogen) atoms. The van der Waals surface area contributed by atoms with Gasteiger partial charge < -0.3 is 19.9 Å². The van der Waals surface area contributed by atoms with E-state index in [4.69, 9.17) is 16.3 Å². The summed E-state index contributed by atoms with van der Waals surface area (Å²) >= 11 is 5.92. The van der Waals surface area contributed by atoms with Crippen molar-refractivity contribution in [1.29, 1.82) is 0 Å². The van der Waals surface area contributed by atoms with Gasteiger partial charge in [0, 0.05) is 17.4 Å². The molecule has 0 saturated heterocycles. The first kappa shape index (κ1) is 23.5. The van der Waals surface area contributed by atoms with Gasteiger partial charge in [-0.2, -0.15) is 8.78 Å². The third kappa shape index (κ3) is 5.12. The summed E-state index contributed by atoms with van der Waals surface area (Å²) in [6.07, 6.45) is -1.27. The number of alkyl carbamates (subject to hydrolysis) is 1. The molecule has 1 amide bonds. The Morgan fingerprint density at radius 1 is 1.00 bits per heavy atom. The summed E-state index contributed by atoms with van der Waals surface area (Å²) < 4.78 is 35.2. The molecular formula is C25H20ClF2NO5. The number of aliphatic carboxylic acids is 1. The number of carboxylic acids is 1. The number of hydrogen-bond donors (Lipinski definition) is 2. The molecule has 2 N–H and O–H groups in total. The van der Waals surface area contributed by atoms with Crippen molar-refractivity contribution in [3.05, 3.63) is 88.4 Å². The van der Waals surface area contributed by atoms with Gasteiger partial charge in [-0.25, -0.2) is 9.59 Å². The van der Waals surface area contributed by atoms with Crippen molar-refractivity contribution in [3.63, 3.8) is 0 Å². The Morgan fingerprint density at radius 2 is 1.62 bits per heavy atom. The molecule has 0 saturated carbocycles. The molecule has 3 aromatic carbocycles. The number of alkyl halides is 2. The van der Waals surface area contributed by atoms with Crippen LogP contribution in [0, 0.1) is 0 Å². The van der Waals surface area contributed by atoms with Crippen LogP contribution in [0.1, 0.15) is 22.6 Å². The van der Waals surface area contributed by atoms with E-state index >= 15 is 0 Å². The van der Waals surface area contributed by atoms with E-state index in [1.165, 1.54) is 18.2 Å². The number of carbonyl (C=O) groups excluding carboxylic acids is 1. The zero-order chi connectivity index (χ0) is 24.2. The first-order chi connectivity index (χ1) is 16.3. The molecule has 6 nitrogen and oxygen atoms in total. The fourth-order valence-corrected chi connectivity index (χ4v) is 4.32. The minimum Gasteiger partial charge on any atom is -0.480 e. The van der Waals surface area contributed by atoms with E-state index in [1.54, 1.807) is 0 Å². The third-order valence-corrected chi connectivity index (χ3v) is 5.83. The zero-order valence-electron chi connectivity index (χ0n) is 17.7. The number of amides is 1. The molecule has 0 radical (unpaired) electrons. The van der Waals surface area contributed by atoms with Gasteiger partial charge in [-0.15, -0.1) is 0 Å². The Labute approximate surface area is 199 Å². The summed E-state index contributed by atoms with van der Waals surface area (Å²) in [7, 11) is 0. The first-order valence-corrected chi connectivity index (χ1v) is 10.8. The van der Waals surface area contributed by atoms with Gasteiger partial charge in [0.1, 0.15) is 18.4 Å². The number of carbonyl (C=O) groups is 2. The summed E-state index contributed by atoms with van der Waals surface area (Å²) in [6, 6.07) is 18.0. The standard InChI is InChI=1S/C25H20ClF2NO5/c26-15-9-10-22(34-24(27)28)14(11-15)12-21(23(30)31)29-25(32)33-13-20-18-7-3-1-5-16(18)17-6-2-4-8-19(17)20/h1-11,20-21,24H,12-13H2,(H,29,32)(H,30,31). The Balaban J connectivity index is 1.45. The van der Waals surface area contributed by atoms with Crippen LogP contribution in [0.25, 0.3) is 11.1 Å². The van der Waals surface area contributed by atoms with E-state index in [0.29, 0.717) is 0 Å². The molecule has 4 rings (SSSR count). The van der Waals surface area contributed by atoms with Crippen molar-refractivity contribution in [2.75, 3.05) is 6.61 Å². The largest absolute Gasteiger partial charge is 0.480 e. The summed E-state index contributed by atoms with van der Waals surface area (Å²) in [6.45, 7) is -3.10. The van der Waals surface area contributed by atoms with Gasteiger partial charge in [0.2, 0.25) is 0 Å². The Morgan fingerprint density at radius 3 is 2.21 bits per heavy atom. The number of ether oxygens (including phenoxy) is 2. The molecule has 0 fully saturated rings. The highest BCUT2D eigenvalue weighted by Crippen LogP contribution is 2.44. The first-order valence-electron chi connectivity index (χ1n) is 10.4. The lowest BCUT2D eigenvalue weighted by atomic mass is 9.98. The van der Waals surface area contributed by atoms with E-state index in [-0.39, 0.29) is 35.3 Å². The van der Waals surface area contributed by atoms with Crippen molar-refractivity contribution >= 4 is 23.7 Å². The lowest BCUT2D eigenvalue weighted by Crippen LogP contribution is -2.43. The van der Waals surface area contributed by atoms with Crippen LogP contribution < -0.4 is 10.1 Å². The molecule has 176 valence electrons. The van der Waals surface area contributed by atoms with Crippen LogP contribution in [0.2, 0.25) is 5.02 Å². The maximum Gasteiger partial charge on any atom is 0.407 e. The van der Waals surface area contributed by atoms with E-state index in [0.717, 1.165) is 22.3 Å². The third-order valence-electron chi connectivity index (χ3n) is 5.60. The minimum absolute atomic E-state index is 0.00308. The molecule has 3 aromatic rings. The van der Waals surface area contributed by atoms with Crippen LogP contribution in [-0.4, -0.2) is 36.4 Å². The highest BCUT2D eigenvalue weighted by molar-refractivity contribution is 6.30. The second-order valence-corrected chi connectivity index (χ2v) is 8.13. The SMILES string of the molecule is O=C(NC(Cc1cc(Cl)ccc1OC(F)F)C(=O)O)OCC1c2ccccc2-c2ccccc21. The number of halogens is 3. The summed E-state index contributed by atoms with van der Waals surface area (Å²) in [5, 5.41) is 12.1. The minimum atomic E-state index is -3.10. The molecular weight excluding hydrogens is 468 g/mol. The molecule has 0 bridgehead atoms. The smallest absolute Gasteiger partial charge is 0.407 e. The van der Waals surface area contributed by atoms with E-state index < -0.39 is 24.7 Å². The van der Waals surface area contributed by atoms with Crippen molar-refractivity contribution in [3.8, 4) is 16.9 Å². The van der Waals surface area contributed by atoms with Gasteiger partial charge in [-0.1, -0.05) is 60.1 Å². The molecule has 1 aliphatic carbocycles. The maximum absolute atomic E-state index is 12.7.